The van der Waals surface area contributed by atoms with Crippen LogP contribution in [0.5, 0.6) is 0 Å². The molecule has 1 heterocycles. The lowest BCUT2D eigenvalue weighted by atomic mass is 10.2. The molecule has 0 radical (unpaired) electrons. The van der Waals surface area contributed by atoms with E-state index in [2.05, 4.69) is 51.6 Å². The van der Waals surface area contributed by atoms with Crippen molar-refractivity contribution in [2.75, 3.05) is 23.7 Å². The molecule has 6 nitrogen and oxygen atoms in total. The first kappa shape index (κ1) is 24.6. The van der Waals surface area contributed by atoms with Crippen LogP contribution in [0.2, 0.25) is 5.02 Å². The van der Waals surface area contributed by atoms with Gasteiger partial charge < -0.3 is 4.90 Å². The Labute approximate surface area is 205 Å². The molecular weight excluding hydrogens is 482 g/mol. The lowest BCUT2D eigenvalue weighted by molar-refractivity contribution is -0.118. The van der Waals surface area contributed by atoms with E-state index in [0.717, 1.165) is 43.7 Å². The highest BCUT2D eigenvalue weighted by molar-refractivity contribution is 8.03. The molecule has 3 rings (SSSR count). The van der Waals surface area contributed by atoms with Gasteiger partial charge in [-0.1, -0.05) is 76.8 Å². The van der Waals surface area contributed by atoms with Crippen molar-refractivity contribution in [2.45, 2.75) is 28.3 Å². The van der Waals surface area contributed by atoms with Crippen LogP contribution in [0.4, 0.5) is 5.69 Å². The van der Waals surface area contributed by atoms with E-state index in [1.165, 1.54) is 28.8 Å². The first-order chi connectivity index (χ1) is 15.6. The quantitative estimate of drug-likeness (QED) is 0.208. The summed E-state index contributed by atoms with van der Waals surface area (Å²) in [6, 6.07) is 15.8. The van der Waals surface area contributed by atoms with Crippen molar-refractivity contribution in [3.05, 3.63) is 64.7 Å². The molecule has 1 aromatic heterocycles. The molecule has 0 atom stereocenters. The van der Waals surface area contributed by atoms with E-state index in [0.29, 0.717) is 0 Å². The fourth-order valence-electron chi connectivity index (χ4n) is 2.77. The molecule has 10 heteroatoms. The van der Waals surface area contributed by atoms with Crippen molar-refractivity contribution >= 4 is 64.3 Å². The van der Waals surface area contributed by atoms with Gasteiger partial charge in [-0.3, -0.25) is 4.79 Å². The van der Waals surface area contributed by atoms with Crippen LogP contribution in [0.1, 0.15) is 25.0 Å². The van der Waals surface area contributed by atoms with Crippen molar-refractivity contribution in [1.82, 2.24) is 15.6 Å². The highest BCUT2D eigenvalue weighted by atomic mass is 35.5. The summed E-state index contributed by atoms with van der Waals surface area (Å²) in [6.07, 6.45) is 1.64. The standard InChI is InChI=1S/C22H24ClN5OS3/c1-3-28(4-2)18-11-9-16(10-12-18)13-24-25-20(29)15-31-22-27-26-21(32-22)30-14-17-7-5-6-8-19(17)23/h5-13H,3-4,14-15H2,1-2H3,(H,25,29)/b24-13-. The van der Waals surface area contributed by atoms with Crippen molar-refractivity contribution in [3.63, 3.8) is 0 Å². The normalized spacial score (nSPS) is 11.1. The van der Waals surface area contributed by atoms with Gasteiger partial charge in [0.25, 0.3) is 5.91 Å². The number of halogens is 1. The Balaban J connectivity index is 1.41. The Morgan fingerprint density at radius 1 is 1.09 bits per heavy atom. The fraction of sp³-hybridized carbons (Fsp3) is 0.273. The maximum atomic E-state index is 12.1. The van der Waals surface area contributed by atoms with Gasteiger partial charge in [-0.15, -0.1) is 10.2 Å². The molecular formula is C22H24ClN5OS3. The topological polar surface area (TPSA) is 70.5 Å². The minimum absolute atomic E-state index is 0.188. The van der Waals surface area contributed by atoms with E-state index in [4.69, 9.17) is 11.6 Å². The number of hydrogen-bond donors (Lipinski definition) is 1. The summed E-state index contributed by atoms with van der Waals surface area (Å²) < 4.78 is 1.59. The highest BCUT2D eigenvalue weighted by Gasteiger charge is 2.09. The maximum Gasteiger partial charge on any atom is 0.250 e. The zero-order chi connectivity index (χ0) is 22.8. The van der Waals surface area contributed by atoms with Crippen molar-refractivity contribution < 1.29 is 4.79 Å². The Hall–Kier alpha value is -2.07. The Morgan fingerprint density at radius 2 is 1.78 bits per heavy atom. The monoisotopic (exact) mass is 505 g/mol. The number of anilines is 1. The van der Waals surface area contributed by atoms with Gasteiger partial charge in [0.1, 0.15) is 0 Å². The summed E-state index contributed by atoms with van der Waals surface area (Å²) >= 11 is 10.6. The van der Waals surface area contributed by atoms with Gasteiger partial charge in [0, 0.05) is 29.6 Å². The number of hydrogen-bond acceptors (Lipinski definition) is 8. The SMILES string of the molecule is CCN(CC)c1ccc(/C=N\NC(=O)CSc2nnc(SCc3ccccc3Cl)s2)cc1. The molecule has 0 bridgehead atoms. The van der Waals surface area contributed by atoms with E-state index < -0.39 is 0 Å². The predicted octanol–water partition coefficient (Wildman–Crippen LogP) is 5.57. The number of carbonyl (C=O) groups is 1. The number of thioether (sulfide) groups is 2. The summed E-state index contributed by atoms with van der Waals surface area (Å²) in [6.45, 7) is 6.20. The molecule has 32 heavy (non-hydrogen) atoms. The molecule has 0 spiro atoms. The molecule has 0 aliphatic heterocycles. The van der Waals surface area contributed by atoms with Crippen molar-refractivity contribution in [1.29, 1.82) is 0 Å². The number of rotatable bonds is 11. The number of amides is 1. The van der Waals surface area contributed by atoms with Gasteiger partial charge in [-0.25, -0.2) is 5.43 Å². The molecule has 0 unspecified atom stereocenters. The lowest BCUT2D eigenvalue weighted by Gasteiger charge is -2.20. The average molecular weight is 506 g/mol. The van der Waals surface area contributed by atoms with Gasteiger partial charge in [-0.05, 0) is 43.2 Å². The number of nitrogens with zero attached hydrogens (tertiary/aromatic N) is 4. The van der Waals surface area contributed by atoms with Gasteiger partial charge in [0.2, 0.25) is 0 Å². The molecule has 0 aliphatic carbocycles. The van der Waals surface area contributed by atoms with Crippen LogP contribution in [0.15, 0.2) is 62.3 Å². The number of aromatic nitrogens is 2. The second kappa shape index (κ2) is 12.8. The number of nitrogens with one attached hydrogen (secondary N) is 1. The van der Waals surface area contributed by atoms with E-state index in [-0.39, 0.29) is 11.7 Å². The number of carbonyl (C=O) groups excluding carboxylic acids is 1. The van der Waals surface area contributed by atoms with Gasteiger partial charge in [-0.2, -0.15) is 5.10 Å². The Kier molecular flexibility index (Phi) is 9.86. The van der Waals surface area contributed by atoms with Crippen molar-refractivity contribution in [2.24, 2.45) is 5.10 Å². The average Bonchev–Trinajstić information content (AvgIpc) is 3.27. The molecule has 3 aromatic rings. The third kappa shape index (κ3) is 7.51. The van der Waals surface area contributed by atoms with Crippen LogP contribution < -0.4 is 10.3 Å². The highest BCUT2D eigenvalue weighted by Crippen LogP contribution is 2.32. The summed E-state index contributed by atoms with van der Waals surface area (Å²) in [5.74, 6) is 0.762. The minimum atomic E-state index is -0.188. The molecule has 1 N–H and O–H groups in total. The van der Waals surface area contributed by atoms with E-state index in [1.54, 1.807) is 18.0 Å². The van der Waals surface area contributed by atoms with Gasteiger partial charge >= 0.3 is 0 Å². The fourth-order valence-corrected chi connectivity index (χ4v) is 5.87. The second-order valence-electron chi connectivity index (χ2n) is 6.56. The molecule has 1 amide bonds. The summed E-state index contributed by atoms with van der Waals surface area (Å²) in [5, 5.41) is 13.1. The Bertz CT molecular complexity index is 1040. The summed E-state index contributed by atoms with van der Waals surface area (Å²) in [4.78, 5) is 14.3. The summed E-state index contributed by atoms with van der Waals surface area (Å²) in [5.41, 5.74) is 5.72. The molecule has 2 aromatic carbocycles. The van der Waals surface area contributed by atoms with Crippen LogP contribution >= 0.6 is 46.5 Å². The first-order valence-electron chi connectivity index (χ1n) is 10.1. The van der Waals surface area contributed by atoms with Gasteiger partial charge in [0.05, 0.1) is 12.0 Å². The van der Waals surface area contributed by atoms with Crippen LogP contribution in [0.25, 0.3) is 0 Å². The van der Waals surface area contributed by atoms with Crippen LogP contribution in [0, 0.1) is 0 Å². The molecule has 0 fully saturated rings. The predicted molar refractivity (Wildman–Crippen MR) is 137 cm³/mol. The third-order valence-electron chi connectivity index (χ3n) is 4.45. The van der Waals surface area contributed by atoms with Crippen LogP contribution in [-0.4, -0.2) is 41.2 Å². The second-order valence-corrected chi connectivity index (χ2v) is 10.4. The lowest BCUT2D eigenvalue weighted by Crippen LogP contribution is -2.21. The number of benzene rings is 2. The van der Waals surface area contributed by atoms with Crippen molar-refractivity contribution in [3.8, 4) is 0 Å². The zero-order valence-electron chi connectivity index (χ0n) is 17.8. The van der Waals surface area contributed by atoms with Gasteiger partial charge in [0.15, 0.2) is 8.68 Å². The summed E-state index contributed by atoms with van der Waals surface area (Å²) in [7, 11) is 0. The van der Waals surface area contributed by atoms with Crippen LogP contribution in [0.3, 0.4) is 0 Å². The molecule has 0 saturated heterocycles. The zero-order valence-corrected chi connectivity index (χ0v) is 21.0. The largest absolute Gasteiger partial charge is 0.372 e. The molecule has 168 valence electrons. The van der Waals surface area contributed by atoms with E-state index in [1.807, 2.05) is 36.4 Å². The molecule has 0 saturated carbocycles. The third-order valence-corrected chi connectivity index (χ3v) is 8.06. The first-order valence-corrected chi connectivity index (χ1v) is 13.2. The minimum Gasteiger partial charge on any atom is -0.372 e. The van der Waals surface area contributed by atoms with E-state index >= 15 is 0 Å². The smallest absolute Gasteiger partial charge is 0.250 e. The van der Waals surface area contributed by atoms with E-state index in [9.17, 15) is 4.79 Å². The molecule has 0 aliphatic rings. The number of hydrazone groups is 1. The Morgan fingerprint density at radius 3 is 2.47 bits per heavy atom. The maximum absolute atomic E-state index is 12.1. The van der Waals surface area contributed by atoms with Crippen LogP contribution in [-0.2, 0) is 10.5 Å².